The number of aliphatic imine (C=N–C) groups is 1. The fraction of sp³-hybridized carbons (Fsp3) is 0.273. The molecule has 29 heavy (non-hydrogen) atoms. The van der Waals surface area contributed by atoms with Crippen LogP contribution < -0.4 is 10.6 Å². The van der Waals surface area contributed by atoms with E-state index in [-0.39, 0.29) is 0 Å². The van der Waals surface area contributed by atoms with Crippen molar-refractivity contribution < 1.29 is 5.11 Å². The molecule has 0 saturated carbocycles. The normalized spacial score (nSPS) is 12.6. The number of aromatic nitrogens is 2. The number of hydrogen-bond donors (Lipinski definition) is 3. The molecule has 0 aliphatic carbocycles. The lowest BCUT2D eigenvalue weighted by Crippen LogP contribution is -2.39. The van der Waals surface area contributed by atoms with Gasteiger partial charge in [0.1, 0.15) is 0 Å². The lowest BCUT2D eigenvalue weighted by atomic mass is 10.1. The number of benzene rings is 2. The summed E-state index contributed by atoms with van der Waals surface area (Å²) in [4.78, 5) is 4.68. The summed E-state index contributed by atoms with van der Waals surface area (Å²) in [6.07, 6.45) is 3.00. The molecular formula is C22H26ClN5O. The lowest BCUT2D eigenvalue weighted by Gasteiger charge is -2.16. The van der Waals surface area contributed by atoms with E-state index in [0.717, 1.165) is 12.1 Å². The summed E-state index contributed by atoms with van der Waals surface area (Å²) in [6.45, 7) is 4.27. The molecule has 6 nitrogen and oxygen atoms in total. The van der Waals surface area contributed by atoms with Gasteiger partial charge in [0.05, 0.1) is 19.2 Å². The number of nitrogens with zero attached hydrogens (tertiary/aromatic N) is 3. The number of aliphatic hydroxyl groups excluding tert-OH is 1. The average molecular weight is 412 g/mol. The van der Waals surface area contributed by atoms with Crippen LogP contribution in [-0.2, 0) is 13.1 Å². The average Bonchev–Trinajstić information content (AvgIpc) is 3.24. The first kappa shape index (κ1) is 20.9. The Hall–Kier alpha value is -2.83. The largest absolute Gasteiger partial charge is 0.387 e. The molecule has 0 fully saturated rings. The first-order chi connectivity index (χ1) is 14.2. The fourth-order valence-corrected chi connectivity index (χ4v) is 3.25. The summed E-state index contributed by atoms with van der Waals surface area (Å²) in [5, 5.41) is 21.7. The molecule has 2 aromatic carbocycles. The van der Waals surface area contributed by atoms with E-state index >= 15 is 0 Å². The molecule has 3 aromatic rings. The van der Waals surface area contributed by atoms with Crippen LogP contribution in [0.25, 0.3) is 0 Å². The molecule has 7 heteroatoms. The Kier molecular flexibility index (Phi) is 7.67. The van der Waals surface area contributed by atoms with Crippen LogP contribution in [-0.4, -0.2) is 33.9 Å². The molecule has 0 saturated heterocycles. The minimum atomic E-state index is -0.723. The molecule has 3 rings (SSSR count). The van der Waals surface area contributed by atoms with Gasteiger partial charge in [-0.25, -0.2) is 4.99 Å². The molecule has 152 valence electrons. The Labute approximate surface area is 176 Å². The molecule has 1 atom stereocenters. The van der Waals surface area contributed by atoms with Gasteiger partial charge in [0.15, 0.2) is 5.96 Å². The van der Waals surface area contributed by atoms with Crippen molar-refractivity contribution in [3.63, 3.8) is 0 Å². The fourth-order valence-electron chi connectivity index (χ4n) is 2.99. The van der Waals surface area contributed by atoms with Gasteiger partial charge in [0.25, 0.3) is 0 Å². The van der Waals surface area contributed by atoms with Crippen molar-refractivity contribution in [2.45, 2.75) is 26.1 Å². The maximum atomic E-state index is 10.5. The van der Waals surface area contributed by atoms with Crippen molar-refractivity contribution in [1.29, 1.82) is 0 Å². The van der Waals surface area contributed by atoms with Gasteiger partial charge >= 0.3 is 0 Å². The van der Waals surface area contributed by atoms with Gasteiger partial charge in [0, 0.05) is 36.1 Å². The Morgan fingerprint density at radius 2 is 1.86 bits per heavy atom. The second kappa shape index (κ2) is 10.6. The van der Waals surface area contributed by atoms with Crippen LogP contribution in [0.4, 0.5) is 0 Å². The summed E-state index contributed by atoms with van der Waals surface area (Å²) >= 11 is 6.17. The van der Waals surface area contributed by atoms with Crippen LogP contribution >= 0.6 is 11.6 Å². The molecule has 1 unspecified atom stereocenters. The smallest absolute Gasteiger partial charge is 0.191 e. The van der Waals surface area contributed by atoms with E-state index in [1.165, 1.54) is 5.56 Å². The van der Waals surface area contributed by atoms with Gasteiger partial charge in [-0.2, -0.15) is 5.10 Å². The molecule has 3 N–H and O–H groups in total. The van der Waals surface area contributed by atoms with Crippen LogP contribution in [0, 0.1) is 0 Å². The van der Waals surface area contributed by atoms with Crippen molar-refractivity contribution in [2.75, 3.05) is 13.1 Å². The zero-order valence-electron chi connectivity index (χ0n) is 16.4. The summed E-state index contributed by atoms with van der Waals surface area (Å²) in [5.74, 6) is 0.646. The highest BCUT2D eigenvalue weighted by atomic mass is 35.5. The topological polar surface area (TPSA) is 74.5 Å². The zero-order chi connectivity index (χ0) is 20.5. The predicted octanol–water partition coefficient (Wildman–Crippen LogP) is 3.37. The second-order valence-electron chi connectivity index (χ2n) is 6.59. The highest BCUT2D eigenvalue weighted by Gasteiger charge is 2.12. The van der Waals surface area contributed by atoms with E-state index in [1.54, 1.807) is 12.3 Å². The molecule has 0 amide bonds. The third kappa shape index (κ3) is 6.07. The van der Waals surface area contributed by atoms with Crippen LogP contribution in [0.1, 0.15) is 29.7 Å². The molecule has 0 aliphatic heterocycles. The maximum absolute atomic E-state index is 10.5. The van der Waals surface area contributed by atoms with E-state index in [0.29, 0.717) is 36.2 Å². The number of aliphatic hydroxyl groups is 1. The van der Waals surface area contributed by atoms with Gasteiger partial charge in [-0.1, -0.05) is 54.1 Å². The number of rotatable bonds is 8. The van der Waals surface area contributed by atoms with Gasteiger partial charge in [-0.05, 0) is 30.2 Å². The molecule has 0 radical (unpaired) electrons. The van der Waals surface area contributed by atoms with E-state index in [2.05, 4.69) is 32.9 Å². The predicted molar refractivity (Wildman–Crippen MR) is 117 cm³/mol. The lowest BCUT2D eigenvalue weighted by molar-refractivity contribution is 0.181. The summed E-state index contributed by atoms with van der Waals surface area (Å²) < 4.78 is 1.89. The standard InChI is InChI=1S/C22H26ClN5O/c1-2-24-22(26-15-21(29)19-10-5-6-11-20(19)23)25-14-17-8-3-4-9-18(17)16-28-13-7-12-27-28/h3-13,21,29H,2,14-16H2,1H3,(H2,24,25,26). The van der Waals surface area contributed by atoms with Crippen LogP contribution in [0.3, 0.4) is 0 Å². The van der Waals surface area contributed by atoms with Crippen molar-refractivity contribution >= 4 is 17.6 Å². The molecule has 0 bridgehead atoms. The molecular weight excluding hydrogens is 386 g/mol. The highest BCUT2D eigenvalue weighted by molar-refractivity contribution is 6.31. The van der Waals surface area contributed by atoms with Gasteiger partial charge in [-0.3, -0.25) is 4.68 Å². The molecule has 0 spiro atoms. The summed E-state index contributed by atoms with van der Waals surface area (Å²) in [5.41, 5.74) is 3.00. The molecule has 0 aliphatic rings. The third-order valence-electron chi connectivity index (χ3n) is 4.49. The maximum Gasteiger partial charge on any atom is 0.191 e. The van der Waals surface area contributed by atoms with E-state index in [1.807, 2.05) is 54.2 Å². The van der Waals surface area contributed by atoms with Crippen LogP contribution in [0.2, 0.25) is 5.02 Å². The van der Waals surface area contributed by atoms with E-state index < -0.39 is 6.10 Å². The summed E-state index contributed by atoms with van der Waals surface area (Å²) in [6, 6.07) is 17.4. The Balaban J connectivity index is 1.66. The number of hydrogen-bond acceptors (Lipinski definition) is 3. The van der Waals surface area contributed by atoms with Crippen LogP contribution in [0.5, 0.6) is 0 Å². The van der Waals surface area contributed by atoms with Gasteiger partial charge in [0.2, 0.25) is 0 Å². The monoisotopic (exact) mass is 411 g/mol. The quantitative estimate of drug-likeness (QED) is 0.392. The number of nitrogens with one attached hydrogen (secondary N) is 2. The SMILES string of the molecule is CCNC(=NCc1ccccc1Cn1cccn1)NCC(O)c1ccccc1Cl. The highest BCUT2D eigenvalue weighted by Crippen LogP contribution is 2.21. The molecule has 1 heterocycles. The first-order valence-corrected chi connectivity index (χ1v) is 10.0. The third-order valence-corrected chi connectivity index (χ3v) is 4.83. The van der Waals surface area contributed by atoms with E-state index in [9.17, 15) is 5.11 Å². The minimum Gasteiger partial charge on any atom is -0.387 e. The van der Waals surface area contributed by atoms with Gasteiger partial charge < -0.3 is 15.7 Å². The Bertz CT molecular complexity index is 926. The summed E-state index contributed by atoms with van der Waals surface area (Å²) in [7, 11) is 0. The molecule has 1 aromatic heterocycles. The zero-order valence-corrected chi connectivity index (χ0v) is 17.2. The van der Waals surface area contributed by atoms with Crippen molar-refractivity contribution in [3.8, 4) is 0 Å². The number of halogens is 1. The second-order valence-corrected chi connectivity index (χ2v) is 6.99. The van der Waals surface area contributed by atoms with Crippen molar-refractivity contribution in [2.24, 2.45) is 4.99 Å². The Morgan fingerprint density at radius 1 is 1.10 bits per heavy atom. The Morgan fingerprint density at radius 3 is 2.59 bits per heavy atom. The van der Waals surface area contributed by atoms with Crippen molar-refractivity contribution in [3.05, 3.63) is 88.7 Å². The number of guanidine groups is 1. The van der Waals surface area contributed by atoms with E-state index in [4.69, 9.17) is 11.6 Å². The van der Waals surface area contributed by atoms with Crippen molar-refractivity contribution in [1.82, 2.24) is 20.4 Å². The van der Waals surface area contributed by atoms with Gasteiger partial charge in [-0.15, -0.1) is 0 Å². The first-order valence-electron chi connectivity index (χ1n) is 9.66. The van der Waals surface area contributed by atoms with Crippen LogP contribution in [0.15, 0.2) is 72.0 Å². The minimum absolute atomic E-state index is 0.310.